The van der Waals surface area contributed by atoms with Crippen molar-refractivity contribution in [2.24, 2.45) is 0 Å². The molecule has 2 aliphatic heterocycles. The number of hydrogen-bond donors (Lipinski definition) is 2. The largest absolute Gasteiger partial charge is 0.381 e. The molecule has 2 N–H and O–H groups in total. The quantitative estimate of drug-likeness (QED) is 0.749. The lowest BCUT2D eigenvalue weighted by molar-refractivity contribution is -0.114. The monoisotopic (exact) mass is 234 g/mol. The maximum atomic E-state index is 11.2. The van der Waals surface area contributed by atoms with Crippen molar-refractivity contribution in [3.05, 3.63) is 12.0 Å². The molecule has 0 radical (unpaired) electrons. The van der Waals surface area contributed by atoms with E-state index in [4.69, 9.17) is 4.74 Å². The van der Waals surface area contributed by atoms with Crippen molar-refractivity contribution in [2.75, 3.05) is 30.4 Å². The van der Waals surface area contributed by atoms with E-state index in [9.17, 15) is 4.79 Å². The molecule has 1 amide bonds. The second kappa shape index (κ2) is 4.29. The molecule has 1 saturated heterocycles. The number of nitrogens with one attached hydrogen (secondary N) is 2. The first-order valence-corrected chi connectivity index (χ1v) is 5.81. The Kier molecular flexibility index (Phi) is 2.64. The minimum Gasteiger partial charge on any atom is -0.381 e. The van der Waals surface area contributed by atoms with Gasteiger partial charge in [0.25, 0.3) is 0 Å². The Bertz CT molecular complexity index is 443. The van der Waals surface area contributed by atoms with Gasteiger partial charge in [-0.15, -0.1) is 0 Å². The summed E-state index contributed by atoms with van der Waals surface area (Å²) in [7, 11) is 0. The van der Waals surface area contributed by atoms with E-state index < -0.39 is 0 Å². The number of ether oxygens (including phenoxy) is 1. The smallest absolute Gasteiger partial charge is 0.243 e. The van der Waals surface area contributed by atoms with Gasteiger partial charge in [-0.3, -0.25) is 4.79 Å². The first-order valence-electron chi connectivity index (χ1n) is 5.81. The zero-order valence-electron chi connectivity index (χ0n) is 9.40. The summed E-state index contributed by atoms with van der Waals surface area (Å²) in [5.74, 6) is 1.88. The van der Waals surface area contributed by atoms with Crippen LogP contribution in [0.1, 0.15) is 24.6 Å². The van der Waals surface area contributed by atoms with E-state index in [1.807, 2.05) is 0 Å². The van der Waals surface area contributed by atoms with Gasteiger partial charge in [0.05, 0.1) is 12.7 Å². The van der Waals surface area contributed by atoms with Crippen LogP contribution >= 0.6 is 0 Å². The molecule has 1 aromatic heterocycles. The van der Waals surface area contributed by atoms with Gasteiger partial charge in [-0.1, -0.05) is 0 Å². The molecule has 0 saturated carbocycles. The highest BCUT2D eigenvalue weighted by Gasteiger charge is 2.22. The predicted octanol–water partition coefficient (Wildman–Crippen LogP) is 0.735. The number of rotatable bonds is 1. The zero-order chi connectivity index (χ0) is 11.7. The van der Waals surface area contributed by atoms with Crippen LogP contribution in [0.25, 0.3) is 0 Å². The Morgan fingerprint density at radius 2 is 2.18 bits per heavy atom. The summed E-state index contributed by atoms with van der Waals surface area (Å²) in [6.45, 7) is 1.82. The molecule has 6 heteroatoms. The molecule has 3 rings (SSSR count). The molecule has 90 valence electrons. The molecular formula is C11H14N4O2. The van der Waals surface area contributed by atoms with E-state index >= 15 is 0 Å². The zero-order valence-corrected chi connectivity index (χ0v) is 9.40. The van der Waals surface area contributed by atoms with Crippen molar-refractivity contribution < 1.29 is 9.53 Å². The van der Waals surface area contributed by atoms with Gasteiger partial charge < -0.3 is 15.4 Å². The lowest BCUT2D eigenvalue weighted by Crippen LogP contribution is -2.29. The average molecular weight is 234 g/mol. The van der Waals surface area contributed by atoms with Crippen LogP contribution in [0, 0.1) is 0 Å². The first kappa shape index (κ1) is 10.5. The van der Waals surface area contributed by atoms with Crippen molar-refractivity contribution in [1.29, 1.82) is 0 Å². The molecule has 0 aliphatic carbocycles. The van der Waals surface area contributed by atoms with Gasteiger partial charge in [-0.05, 0) is 12.8 Å². The summed E-state index contributed by atoms with van der Waals surface area (Å²) in [6.07, 6.45) is 3.60. The Labute approximate surface area is 98.8 Å². The minimum absolute atomic E-state index is 0.0556. The molecule has 0 unspecified atom stereocenters. The molecule has 6 nitrogen and oxygen atoms in total. The molecule has 0 bridgehead atoms. The van der Waals surface area contributed by atoms with Crippen molar-refractivity contribution in [1.82, 2.24) is 9.97 Å². The third kappa shape index (κ3) is 2.08. The van der Waals surface area contributed by atoms with Gasteiger partial charge in [0.15, 0.2) is 5.82 Å². The molecule has 1 fully saturated rings. The van der Waals surface area contributed by atoms with Crippen LogP contribution in [0.4, 0.5) is 11.5 Å². The van der Waals surface area contributed by atoms with Crippen LogP contribution in [-0.2, 0) is 9.53 Å². The standard InChI is InChI=1S/C11H14N4O2/c16-9-6-13-11-8(14-9)5-12-10(15-11)7-1-3-17-4-2-7/h5,7H,1-4,6H2,(H,14,16)(H,12,13,15). The summed E-state index contributed by atoms with van der Waals surface area (Å²) in [4.78, 5) is 20.0. The predicted molar refractivity (Wildman–Crippen MR) is 61.9 cm³/mol. The molecule has 0 spiro atoms. The normalized spacial score (nSPS) is 20.4. The summed E-state index contributed by atoms with van der Waals surface area (Å²) in [5.41, 5.74) is 0.664. The van der Waals surface area contributed by atoms with Gasteiger partial charge in [0.1, 0.15) is 11.5 Å². The van der Waals surface area contributed by atoms with Crippen molar-refractivity contribution >= 4 is 17.4 Å². The number of nitrogens with zero attached hydrogens (tertiary/aromatic N) is 2. The second-order valence-corrected chi connectivity index (χ2v) is 4.28. The maximum Gasteiger partial charge on any atom is 0.243 e. The molecule has 1 aromatic rings. The minimum atomic E-state index is -0.0556. The summed E-state index contributed by atoms with van der Waals surface area (Å²) < 4.78 is 5.32. The number of aromatic nitrogens is 2. The maximum absolute atomic E-state index is 11.2. The molecule has 0 aromatic carbocycles. The Hall–Kier alpha value is -1.69. The molecule has 0 atom stereocenters. The number of anilines is 2. The van der Waals surface area contributed by atoms with Crippen LogP contribution in [0.15, 0.2) is 6.20 Å². The third-order valence-corrected chi connectivity index (χ3v) is 3.08. The van der Waals surface area contributed by atoms with E-state index in [0.29, 0.717) is 11.6 Å². The molecule has 17 heavy (non-hydrogen) atoms. The van der Waals surface area contributed by atoms with Gasteiger partial charge >= 0.3 is 0 Å². The van der Waals surface area contributed by atoms with Gasteiger partial charge in [-0.25, -0.2) is 9.97 Å². The van der Waals surface area contributed by atoms with E-state index in [1.165, 1.54) is 0 Å². The van der Waals surface area contributed by atoms with Crippen molar-refractivity contribution in [2.45, 2.75) is 18.8 Å². The first-order chi connectivity index (χ1) is 8.33. The Balaban J connectivity index is 1.85. The fourth-order valence-electron chi connectivity index (χ4n) is 2.13. The molecule has 3 heterocycles. The van der Waals surface area contributed by atoms with Crippen molar-refractivity contribution in [3.63, 3.8) is 0 Å². The van der Waals surface area contributed by atoms with Gasteiger partial charge in [0, 0.05) is 19.1 Å². The lowest BCUT2D eigenvalue weighted by atomic mass is 9.99. The fraction of sp³-hybridized carbons (Fsp3) is 0.545. The number of hydrogen-bond acceptors (Lipinski definition) is 5. The Morgan fingerprint density at radius 1 is 1.35 bits per heavy atom. The molecular weight excluding hydrogens is 220 g/mol. The SMILES string of the molecule is O=C1CNc2nc(C3CCOCC3)ncc2N1. The highest BCUT2D eigenvalue weighted by Crippen LogP contribution is 2.28. The van der Waals surface area contributed by atoms with Gasteiger partial charge in [0.2, 0.25) is 5.91 Å². The number of fused-ring (bicyclic) bond motifs is 1. The van der Waals surface area contributed by atoms with Crippen LogP contribution in [-0.4, -0.2) is 35.6 Å². The summed E-state index contributed by atoms with van der Waals surface area (Å²) in [6, 6.07) is 0. The van der Waals surface area contributed by atoms with E-state index in [0.717, 1.165) is 37.7 Å². The van der Waals surface area contributed by atoms with E-state index in [2.05, 4.69) is 20.6 Å². The third-order valence-electron chi connectivity index (χ3n) is 3.08. The summed E-state index contributed by atoms with van der Waals surface area (Å²) in [5, 5.41) is 5.74. The Morgan fingerprint density at radius 3 is 3.00 bits per heavy atom. The van der Waals surface area contributed by atoms with Crippen LogP contribution in [0.5, 0.6) is 0 Å². The topological polar surface area (TPSA) is 76.1 Å². The number of carbonyl (C=O) groups is 1. The second-order valence-electron chi connectivity index (χ2n) is 4.28. The summed E-state index contributed by atoms with van der Waals surface area (Å²) >= 11 is 0. The highest BCUT2D eigenvalue weighted by atomic mass is 16.5. The van der Waals surface area contributed by atoms with Crippen LogP contribution in [0.2, 0.25) is 0 Å². The van der Waals surface area contributed by atoms with E-state index in [1.54, 1.807) is 6.20 Å². The highest BCUT2D eigenvalue weighted by molar-refractivity contribution is 5.99. The lowest BCUT2D eigenvalue weighted by Gasteiger charge is -2.23. The van der Waals surface area contributed by atoms with Crippen molar-refractivity contribution in [3.8, 4) is 0 Å². The van der Waals surface area contributed by atoms with Gasteiger partial charge in [-0.2, -0.15) is 0 Å². The molecule has 2 aliphatic rings. The van der Waals surface area contributed by atoms with Crippen LogP contribution < -0.4 is 10.6 Å². The average Bonchev–Trinajstić information content (AvgIpc) is 2.39. The van der Waals surface area contributed by atoms with Crippen LogP contribution in [0.3, 0.4) is 0 Å². The number of amides is 1. The number of carbonyl (C=O) groups excluding carboxylic acids is 1. The fourth-order valence-corrected chi connectivity index (χ4v) is 2.13. The van der Waals surface area contributed by atoms with E-state index in [-0.39, 0.29) is 12.5 Å².